The summed E-state index contributed by atoms with van der Waals surface area (Å²) < 4.78 is 4.85. The lowest BCUT2D eigenvalue weighted by atomic mass is 10.1. The van der Waals surface area contributed by atoms with Crippen LogP contribution in [0.1, 0.15) is 53.8 Å². The van der Waals surface area contributed by atoms with Gasteiger partial charge in [0.25, 0.3) is 11.8 Å². The van der Waals surface area contributed by atoms with Crippen LogP contribution >= 0.6 is 22.9 Å². The molecule has 0 unspecified atom stereocenters. The number of esters is 1. The number of hydrogen-bond acceptors (Lipinski definition) is 7. The fourth-order valence-corrected chi connectivity index (χ4v) is 4.29. The summed E-state index contributed by atoms with van der Waals surface area (Å²) in [6, 6.07) is 13.8. The van der Waals surface area contributed by atoms with Crippen molar-refractivity contribution in [2.45, 2.75) is 33.1 Å². The number of ether oxygens (including phenoxy) is 1. The number of hydrogen-bond donors (Lipinski definition) is 1. The Morgan fingerprint density at radius 3 is 2.49 bits per heavy atom. The summed E-state index contributed by atoms with van der Waals surface area (Å²) in [4.78, 5) is 38.5. The summed E-state index contributed by atoms with van der Waals surface area (Å²) in [5, 5.41) is 12.7. The van der Waals surface area contributed by atoms with Gasteiger partial charge in [0.1, 0.15) is 5.01 Å². The Morgan fingerprint density at radius 2 is 1.80 bits per heavy atom. The molecular weight excluding hydrogens is 488 g/mol. The van der Waals surface area contributed by atoms with Crippen LogP contribution in [0.25, 0.3) is 10.6 Å². The molecule has 8 nitrogen and oxygen atoms in total. The van der Waals surface area contributed by atoms with Gasteiger partial charge in [-0.3, -0.25) is 19.3 Å². The molecule has 0 saturated heterocycles. The topological polar surface area (TPSA) is 101 Å². The number of rotatable bonds is 11. The molecule has 3 rings (SSSR count). The van der Waals surface area contributed by atoms with Crippen LogP contribution < -0.4 is 10.2 Å². The molecule has 1 heterocycles. The third-order valence-corrected chi connectivity index (χ3v) is 6.37. The first-order valence-corrected chi connectivity index (χ1v) is 12.6. The second-order valence-electron chi connectivity index (χ2n) is 7.57. The maximum absolute atomic E-state index is 13.2. The molecule has 3 aromatic rings. The number of carbonyl (C=O) groups excluding carboxylic acids is 3. The van der Waals surface area contributed by atoms with Crippen molar-refractivity contribution in [3.05, 3.63) is 64.7 Å². The van der Waals surface area contributed by atoms with Crippen molar-refractivity contribution in [2.24, 2.45) is 0 Å². The standard InChI is InChI=1S/C25H27ClN4O4S/c1-3-5-16-30(24(33)19-8-6-7-9-20(19)26)25-29-28-23(35-25)18-12-10-17(11-13-18)22(32)27-15-14-21(31)34-4-2/h6-13H,3-5,14-16H2,1-2H3,(H,27,32). The molecule has 0 bridgehead atoms. The quantitative estimate of drug-likeness (QED) is 0.362. The molecule has 0 aliphatic carbocycles. The van der Waals surface area contributed by atoms with Gasteiger partial charge in [0.2, 0.25) is 5.13 Å². The van der Waals surface area contributed by atoms with Gasteiger partial charge in [-0.15, -0.1) is 10.2 Å². The number of aromatic nitrogens is 2. The highest BCUT2D eigenvalue weighted by molar-refractivity contribution is 7.18. The Morgan fingerprint density at radius 1 is 1.06 bits per heavy atom. The predicted octanol–water partition coefficient (Wildman–Crippen LogP) is 4.99. The number of unbranched alkanes of at least 4 members (excludes halogenated alkanes) is 1. The van der Waals surface area contributed by atoms with E-state index in [1.54, 1.807) is 60.4 Å². The summed E-state index contributed by atoms with van der Waals surface area (Å²) >= 11 is 7.55. The van der Waals surface area contributed by atoms with Gasteiger partial charge in [0.05, 0.1) is 23.6 Å². The molecule has 184 valence electrons. The first kappa shape index (κ1) is 26.3. The third-order valence-electron chi connectivity index (χ3n) is 5.04. The molecule has 0 aliphatic heterocycles. The van der Waals surface area contributed by atoms with Gasteiger partial charge < -0.3 is 10.1 Å². The number of benzene rings is 2. The zero-order chi connectivity index (χ0) is 25.2. The SMILES string of the molecule is CCCCN(C(=O)c1ccccc1Cl)c1nnc(-c2ccc(C(=O)NCCC(=O)OCC)cc2)s1. The Bertz CT molecular complexity index is 1170. The molecule has 0 saturated carbocycles. The molecule has 10 heteroatoms. The highest BCUT2D eigenvalue weighted by atomic mass is 35.5. The van der Waals surface area contributed by atoms with Crippen molar-refractivity contribution in [3.63, 3.8) is 0 Å². The van der Waals surface area contributed by atoms with Crippen molar-refractivity contribution >= 4 is 45.9 Å². The fraction of sp³-hybridized carbons (Fsp3) is 0.320. The Hall–Kier alpha value is -3.30. The van der Waals surface area contributed by atoms with E-state index in [1.807, 2.05) is 0 Å². The third kappa shape index (κ3) is 7.10. The van der Waals surface area contributed by atoms with Crippen LogP contribution in [-0.2, 0) is 9.53 Å². The van der Waals surface area contributed by atoms with E-state index in [0.29, 0.717) is 39.4 Å². The number of nitrogens with zero attached hydrogens (tertiary/aromatic N) is 3. The minimum atomic E-state index is -0.351. The predicted molar refractivity (Wildman–Crippen MR) is 137 cm³/mol. The Balaban J connectivity index is 1.71. The number of amides is 2. The van der Waals surface area contributed by atoms with Crippen LogP contribution in [0.5, 0.6) is 0 Å². The minimum absolute atomic E-state index is 0.118. The summed E-state index contributed by atoms with van der Waals surface area (Å²) in [5.74, 6) is -0.854. The Labute approximate surface area is 213 Å². The van der Waals surface area contributed by atoms with E-state index in [-0.39, 0.29) is 30.7 Å². The average Bonchev–Trinajstić information content (AvgIpc) is 3.34. The van der Waals surface area contributed by atoms with Crippen molar-refractivity contribution in [1.82, 2.24) is 15.5 Å². The van der Waals surface area contributed by atoms with Crippen molar-refractivity contribution < 1.29 is 19.1 Å². The fourth-order valence-electron chi connectivity index (χ4n) is 3.20. The monoisotopic (exact) mass is 514 g/mol. The van der Waals surface area contributed by atoms with Gasteiger partial charge >= 0.3 is 5.97 Å². The molecule has 0 fully saturated rings. The van der Waals surface area contributed by atoms with Gasteiger partial charge in [0, 0.05) is 24.2 Å². The molecule has 2 amide bonds. The van der Waals surface area contributed by atoms with Crippen LogP contribution in [0.3, 0.4) is 0 Å². The van der Waals surface area contributed by atoms with Gasteiger partial charge in [-0.2, -0.15) is 0 Å². The lowest BCUT2D eigenvalue weighted by molar-refractivity contribution is -0.142. The molecule has 0 spiro atoms. The highest BCUT2D eigenvalue weighted by Crippen LogP contribution is 2.31. The zero-order valence-electron chi connectivity index (χ0n) is 19.6. The normalized spacial score (nSPS) is 10.6. The maximum Gasteiger partial charge on any atom is 0.307 e. The highest BCUT2D eigenvalue weighted by Gasteiger charge is 2.23. The van der Waals surface area contributed by atoms with E-state index in [2.05, 4.69) is 22.4 Å². The summed E-state index contributed by atoms with van der Waals surface area (Å²) in [7, 11) is 0. The van der Waals surface area contributed by atoms with E-state index < -0.39 is 0 Å². The number of anilines is 1. The molecule has 35 heavy (non-hydrogen) atoms. The molecule has 2 aromatic carbocycles. The summed E-state index contributed by atoms with van der Waals surface area (Å²) in [6.45, 7) is 4.80. The first-order chi connectivity index (χ1) is 16.9. The van der Waals surface area contributed by atoms with Crippen molar-refractivity contribution in [1.29, 1.82) is 0 Å². The first-order valence-electron chi connectivity index (χ1n) is 11.4. The summed E-state index contributed by atoms with van der Waals surface area (Å²) in [5.41, 5.74) is 1.65. The molecule has 0 aliphatic rings. The van der Waals surface area contributed by atoms with E-state index >= 15 is 0 Å². The number of halogens is 1. The second-order valence-corrected chi connectivity index (χ2v) is 8.93. The lowest BCUT2D eigenvalue weighted by Crippen LogP contribution is -2.32. The number of nitrogens with one attached hydrogen (secondary N) is 1. The smallest absolute Gasteiger partial charge is 0.307 e. The van der Waals surface area contributed by atoms with Gasteiger partial charge in [-0.05, 0) is 37.6 Å². The molecule has 1 aromatic heterocycles. The van der Waals surface area contributed by atoms with Gasteiger partial charge in [0.15, 0.2) is 0 Å². The van der Waals surface area contributed by atoms with Gasteiger partial charge in [-0.25, -0.2) is 0 Å². The van der Waals surface area contributed by atoms with Crippen LogP contribution in [0.15, 0.2) is 48.5 Å². The lowest BCUT2D eigenvalue weighted by Gasteiger charge is -2.19. The molecule has 1 N–H and O–H groups in total. The van der Waals surface area contributed by atoms with Crippen molar-refractivity contribution in [2.75, 3.05) is 24.6 Å². The number of carbonyl (C=O) groups is 3. The molecule has 0 radical (unpaired) electrons. The van der Waals surface area contributed by atoms with E-state index in [1.165, 1.54) is 11.3 Å². The van der Waals surface area contributed by atoms with Crippen LogP contribution in [0, 0.1) is 0 Å². The van der Waals surface area contributed by atoms with Gasteiger partial charge in [-0.1, -0.05) is 60.5 Å². The average molecular weight is 515 g/mol. The molecular formula is C25H27ClN4O4S. The zero-order valence-corrected chi connectivity index (χ0v) is 21.2. The van der Waals surface area contributed by atoms with Crippen LogP contribution in [0.4, 0.5) is 5.13 Å². The summed E-state index contributed by atoms with van der Waals surface area (Å²) in [6.07, 6.45) is 1.85. The van der Waals surface area contributed by atoms with E-state index in [4.69, 9.17) is 16.3 Å². The van der Waals surface area contributed by atoms with Crippen LogP contribution in [-0.4, -0.2) is 47.7 Å². The second kappa shape index (κ2) is 13.0. The Kier molecular flexibility index (Phi) is 9.75. The molecule has 0 atom stereocenters. The van der Waals surface area contributed by atoms with Crippen molar-refractivity contribution in [3.8, 4) is 10.6 Å². The van der Waals surface area contributed by atoms with E-state index in [9.17, 15) is 14.4 Å². The van der Waals surface area contributed by atoms with E-state index in [0.717, 1.165) is 18.4 Å². The largest absolute Gasteiger partial charge is 0.466 e. The minimum Gasteiger partial charge on any atom is -0.466 e. The maximum atomic E-state index is 13.2. The van der Waals surface area contributed by atoms with Crippen LogP contribution in [0.2, 0.25) is 5.02 Å².